The first-order valence-electron chi connectivity index (χ1n) is 10.0. The number of ether oxygens (including phenoxy) is 3. The van der Waals surface area contributed by atoms with Crippen LogP contribution in [0.25, 0.3) is 0 Å². The van der Waals surface area contributed by atoms with Gasteiger partial charge in [-0.25, -0.2) is 0 Å². The van der Waals surface area contributed by atoms with Crippen LogP contribution in [-0.2, 0) is 38.2 Å². The Morgan fingerprint density at radius 3 is 2.26 bits per heavy atom. The van der Waals surface area contributed by atoms with Crippen LogP contribution in [0.4, 0.5) is 0 Å². The molecular weight excluding hydrogens is 404 g/mol. The topological polar surface area (TPSA) is 113 Å². The molecule has 0 heterocycles. The third-order valence-electron chi connectivity index (χ3n) is 5.43. The molecule has 1 unspecified atom stereocenters. The maximum absolute atomic E-state index is 12.5. The van der Waals surface area contributed by atoms with Gasteiger partial charge in [-0.15, -0.1) is 0 Å². The summed E-state index contributed by atoms with van der Waals surface area (Å²) in [5, 5.41) is 0. The standard InChI is InChI=1S/C23H30O8/c1-5-17(24)11-9-15-23(21(27)30-3,22(28)31-4)14-8-6-7-10-16-12-13-18(25)19(16)20(26)29-2/h5-8,10,16,19H,1,9,11-15H2,2-4H3/b8-6+,10-7-/t16-,19?/m1/s1. The van der Waals surface area contributed by atoms with Gasteiger partial charge in [0.2, 0.25) is 0 Å². The molecule has 1 aliphatic rings. The molecule has 0 aromatic carbocycles. The summed E-state index contributed by atoms with van der Waals surface area (Å²) < 4.78 is 14.4. The van der Waals surface area contributed by atoms with Crippen molar-refractivity contribution in [3.8, 4) is 0 Å². The smallest absolute Gasteiger partial charge is 0.323 e. The van der Waals surface area contributed by atoms with Crippen LogP contribution in [0.3, 0.4) is 0 Å². The zero-order valence-electron chi connectivity index (χ0n) is 18.3. The molecule has 1 saturated carbocycles. The molecule has 170 valence electrons. The molecule has 2 atom stereocenters. The van der Waals surface area contributed by atoms with Crippen molar-refractivity contribution in [1.29, 1.82) is 0 Å². The van der Waals surface area contributed by atoms with E-state index >= 15 is 0 Å². The summed E-state index contributed by atoms with van der Waals surface area (Å²) in [5.41, 5.74) is -1.58. The quantitative estimate of drug-likeness (QED) is 0.151. The Morgan fingerprint density at radius 2 is 1.71 bits per heavy atom. The third kappa shape index (κ3) is 6.73. The highest BCUT2D eigenvalue weighted by Gasteiger charge is 2.47. The lowest BCUT2D eigenvalue weighted by molar-refractivity contribution is -0.170. The molecule has 0 spiro atoms. The summed E-state index contributed by atoms with van der Waals surface area (Å²) in [6, 6.07) is 0. The molecule has 31 heavy (non-hydrogen) atoms. The molecule has 1 fully saturated rings. The molecule has 0 amide bonds. The van der Waals surface area contributed by atoms with Crippen molar-refractivity contribution >= 4 is 29.5 Å². The number of hydrogen-bond donors (Lipinski definition) is 0. The van der Waals surface area contributed by atoms with E-state index in [2.05, 4.69) is 6.58 Å². The predicted molar refractivity (Wildman–Crippen MR) is 112 cm³/mol. The van der Waals surface area contributed by atoms with Gasteiger partial charge in [-0.3, -0.25) is 24.0 Å². The van der Waals surface area contributed by atoms with E-state index in [4.69, 9.17) is 14.2 Å². The van der Waals surface area contributed by atoms with E-state index in [1.165, 1.54) is 27.4 Å². The van der Waals surface area contributed by atoms with Gasteiger partial charge in [-0.05, 0) is 37.7 Å². The molecule has 0 aromatic rings. The van der Waals surface area contributed by atoms with Gasteiger partial charge in [0.25, 0.3) is 0 Å². The van der Waals surface area contributed by atoms with Crippen LogP contribution in [0.15, 0.2) is 37.0 Å². The number of esters is 3. The van der Waals surface area contributed by atoms with Gasteiger partial charge in [0, 0.05) is 12.8 Å². The number of methoxy groups -OCH3 is 3. The first kappa shape index (κ1) is 26.0. The van der Waals surface area contributed by atoms with Crippen LogP contribution in [0.2, 0.25) is 0 Å². The molecule has 0 aromatic heterocycles. The first-order valence-corrected chi connectivity index (χ1v) is 10.0. The third-order valence-corrected chi connectivity index (χ3v) is 5.43. The van der Waals surface area contributed by atoms with Crippen LogP contribution < -0.4 is 0 Å². The van der Waals surface area contributed by atoms with E-state index in [0.29, 0.717) is 12.8 Å². The van der Waals surface area contributed by atoms with Crippen molar-refractivity contribution in [2.75, 3.05) is 21.3 Å². The Kier molecular flexibility index (Phi) is 10.6. The molecule has 8 nitrogen and oxygen atoms in total. The number of carbonyl (C=O) groups excluding carboxylic acids is 5. The van der Waals surface area contributed by atoms with E-state index in [9.17, 15) is 24.0 Å². The largest absolute Gasteiger partial charge is 0.468 e. The normalized spacial score (nSPS) is 18.9. The monoisotopic (exact) mass is 434 g/mol. The second kappa shape index (κ2) is 12.6. The molecule has 1 rings (SSSR count). The fourth-order valence-corrected chi connectivity index (χ4v) is 3.68. The van der Waals surface area contributed by atoms with Crippen molar-refractivity contribution in [3.05, 3.63) is 37.0 Å². The number of ketones is 2. The maximum Gasteiger partial charge on any atom is 0.323 e. The molecule has 8 heteroatoms. The lowest BCUT2D eigenvalue weighted by Gasteiger charge is -2.26. The average molecular weight is 434 g/mol. The lowest BCUT2D eigenvalue weighted by Crippen LogP contribution is -2.41. The van der Waals surface area contributed by atoms with Gasteiger partial charge < -0.3 is 14.2 Å². The second-order valence-corrected chi connectivity index (χ2v) is 7.28. The van der Waals surface area contributed by atoms with Gasteiger partial charge in [0.15, 0.2) is 11.2 Å². The Morgan fingerprint density at radius 1 is 1.06 bits per heavy atom. The summed E-state index contributed by atoms with van der Waals surface area (Å²) in [4.78, 5) is 60.2. The second-order valence-electron chi connectivity index (χ2n) is 7.28. The highest BCUT2D eigenvalue weighted by Crippen LogP contribution is 2.34. The summed E-state index contributed by atoms with van der Waals surface area (Å²) in [5.74, 6) is -3.44. The zero-order valence-corrected chi connectivity index (χ0v) is 18.3. The number of carbonyl (C=O) groups is 5. The van der Waals surface area contributed by atoms with Crippen LogP contribution in [0.5, 0.6) is 0 Å². The predicted octanol–water partition coefficient (Wildman–Crippen LogP) is 2.52. The van der Waals surface area contributed by atoms with Gasteiger partial charge in [0.1, 0.15) is 11.7 Å². The van der Waals surface area contributed by atoms with Crippen molar-refractivity contribution in [1.82, 2.24) is 0 Å². The Labute approximate surface area is 182 Å². The van der Waals surface area contributed by atoms with Crippen LogP contribution in [0.1, 0.15) is 38.5 Å². The van der Waals surface area contributed by atoms with E-state index in [1.54, 1.807) is 24.3 Å². The SMILES string of the molecule is C=CC(=O)CCCC(C/C=C/C=C\[C@@H]1CCC(=O)C1C(=O)OC)(C(=O)OC)C(=O)OC. The number of hydrogen-bond acceptors (Lipinski definition) is 8. The van der Waals surface area contributed by atoms with Gasteiger partial charge >= 0.3 is 17.9 Å². The summed E-state index contributed by atoms with van der Waals surface area (Å²) >= 11 is 0. The Bertz CT molecular complexity index is 746. The van der Waals surface area contributed by atoms with Crippen LogP contribution in [0, 0.1) is 17.3 Å². The van der Waals surface area contributed by atoms with Crippen LogP contribution in [-0.4, -0.2) is 50.8 Å². The van der Waals surface area contributed by atoms with E-state index in [0.717, 1.165) is 0 Å². The highest BCUT2D eigenvalue weighted by atomic mass is 16.5. The molecule has 0 aliphatic heterocycles. The van der Waals surface area contributed by atoms with Gasteiger partial charge in [0.05, 0.1) is 21.3 Å². The number of Topliss-reactive ketones (excluding diaryl/α,β-unsaturated/α-hetero) is 1. The fraction of sp³-hybridized carbons (Fsp3) is 0.522. The minimum Gasteiger partial charge on any atom is -0.468 e. The molecule has 0 bridgehead atoms. The van der Waals surface area contributed by atoms with Crippen LogP contribution >= 0.6 is 0 Å². The van der Waals surface area contributed by atoms with Gasteiger partial charge in [-0.2, -0.15) is 0 Å². The fourth-order valence-electron chi connectivity index (χ4n) is 3.68. The molecular formula is C23H30O8. The average Bonchev–Trinajstić information content (AvgIpc) is 3.15. The first-order chi connectivity index (χ1) is 14.8. The summed E-state index contributed by atoms with van der Waals surface area (Å²) in [6.45, 7) is 3.41. The number of allylic oxidation sites excluding steroid dienone is 5. The van der Waals surface area contributed by atoms with Crippen molar-refractivity contribution in [2.45, 2.75) is 38.5 Å². The minimum absolute atomic E-state index is 0.00297. The van der Waals surface area contributed by atoms with Gasteiger partial charge in [-0.1, -0.05) is 30.9 Å². The summed E-state index contributed by atoms with van der Waals surface area (Å²) in [7, 11) is 3.61. The Hall–Kier alpha value is -3.03. The van der Waals surface area contributed by atoms with E-state index in [1.807, 2.05) is 0 Å². The lowest BCUT2D eigenvalue weighted by atomic mass is 9.79. The maximum atomic E-state index is 12.5. The highest BCUT2D eigenvalue weighted by molar-refractivity contribution is 6.01. The molecule has 1 aliphatic carbocycles. The molecule has 0 saturated heterocycles. The van der Waals surface area contributed by atoms with E-state index < -0.39 is 29.2 Å². The number of rotatable bonds is 12. The van der Waals surface area contributed by atoms with Crippen molar-refractivity contribution in [2.24, 2.45) is 17.3 Å². The Balaban J connectivity index is 2.93. The molecule has 0 radical (unpaired) electrons. The van der Waals surface area contributed by atoms with Crippen molar-refractivity contribution < 1.29 is 38.2 Å². The van der Waals surface area contributed by atoms with E-state index in [-0.39, 0.29) is 43.2 Å². The van der Waals surface area contributed by atoms with Crippen molar-refractivity contribution in [3.63, 3.8) is 0 Å². The summed E-state index contributed by atoms with van der Waals surface area (Å²) in [6.07, 6.45) is 9.21. The minimum atomic E-state index is -1.58. The molecule has 0 N–H and O–H groups in total. The zero-order chi connectivity index (χ0) is 23.4.